The first-order valence-electron chi connectivity index (χ1n) is 3.48. The van der Waals surface area contributed by atoms with Crippen LogP contribution in [-0.2, 0) is 0 Å². The van der Waals surface area contributed by atoms with Gasteiger partial charge in [-0.1, -0.05) is 0 Å². The van der Waals surface area contributed by atoms with Gasteiger partial charge in [-0.05, 0) is 0 Å². The van der Waals surface area contributed by atoms with Gasteiger partial charge in [0.15, 0.2) is 0 Å². The Balaban J connectivity index is -0.000000202. The summed E-state index contributed by atoms with van der Waals surface area (Å²) < 4.78 is 0. The number of hydrogen-bond donors (Lipinski definition) is 6. The summed E-state index contributed by atoms with van der Waals surface area (Å²) in [6.45, 7) is -1.45. The molecule has 0 aromatic rings. The summed E-state index contributed by atoms with van der Waals surface area (Å²) in [7, 11) is 0. The van der Waals surface area contributed by atoms with Crippen molar-refractivity contribution in [2.75, 3.05) is 13.2 Å². The van der Waals surface area contributed by atoms with E-state index in [4.69, 9.17) is 30.6 Å². The molecule has 4 atom stereocenters. The van der Waals surface area contributed by atoms with Crippen LogP contribution in [0.2, 0.25) is 0 Å². The van der Waals surface area contributed by atoms with Gasteiger partial charge in [0.05, 0.1) is 13.2 Å². The summed E-state index contributed by atoms with van der Waals surface area (Å²) in [6, 6.07) is 0. The first kappa shape index (κ1) is 25.7. The minimum absolute atomic E-state index is 0. The molecule has 90 valence electrons. The molecular formula is C6H14Br2CaO6. The van der Waals surface area contributed by atoms with E-state index in [9.17, 15) is 0 Å². The van der Waals surface area contributed by atoms with Gasteiger partial charge in [0.1, 0.15) is 24.4 Å². The van der Waals surface area contributed by atoms with Crippen molar-refractivity contribution in [3.8, 4) is 0 Å². The molecule has 0 radical (unpaired) electrons. The van der Waals surface area contributed by atoms with Crippen molar-refractivity contribution >= 4 is 37.7 Å². The van der Waals surface area contributed by atoms with Crippen molar-refractivity contribution in [1.82, 2.24) is 0 Å². The molecule has 15 heavy (non-hydrogen) atoms. The van der Waals surface area contributed by atoms with Crippen molar-refractivity contribution in [3.05, 3.63) is 0 Å². The van der Waals surface area contributed by atoms with Crippen LogP contribution in [0.25, 0.3) is 0 Å². The van der Waals surface area contributed by atoms with Crippen LogP contribution in [0.15, 0.2) is 0 Å². The zero-order chi connectivity index (χ0) is 9.72. The molecule has 0 aliphatic rings. The Kier molecular flexibility index (Phi) is 24.1. The molecule has 0 aliphatic heterocycles. The molecule has 0 rings (SSSR count). The van der Waals surface area contributed by atoms with Crippen molar-refractivity contribution in [3.63, 3.8) is 0 Å². The van der Waals surface area contributed by atoms with Crippen molar-refractivity contribution in [2.45, 2.75) is 24.4 Å². The Morgan fingerprint density at radius 3 is 1.00 bits per heavy atom. The van der Waals surface area contributed by atoms with Gasteiger partial charge in [0, 0.05) is 0 Å². The van der Waals surface area contributed by atoms with Crippen LogP contribution in [0.3, 0.4) is 0 Å². The van der Waals surface area contributed by atoms with E-state index in [0.717, 1.165) is 0 Å². The number of aliphatic hydroxyl groups is 6. The first-order chi connectivity index (χ1) is 5.54. The van der Waals surface area contributed by atoms with E-state index in [0.29, 0.717) is 0 Å². The Labute approximate surface area is 138 Å². The zero-order valence-corrected chi connectivity index (χ0v) is 13.3. The number of rotatable bonds is 5. The van der Waals surface area contributed by atoms with Crippen molar-refractivity contribution < 1.29 is 64.6 Å². The molecule has 0 aromatic carbocycles. The van der Waals surface area contributed by atoms with Gasteiger partial charge in [-0.15, -0.1) is 0 Å². The fraction of sp³-hybridized carbons (Fsp3) is 1.00. The SMILES string of the molecule is OC[C@@H](O)[C@@H](O)[C@H](O)[C@H](O)CO.[Br-].[Br-].[Ca+2]. The summed E-state index contributed by atoms with van der Waals surface area (Å²) in [6.07, 6.45) is -6.39. The molecule has 9 heteroatoms. The van der Waals surface area contributed by atoms with Crippen LogP contribution in [0.5, 0.6) is 0 Å². The summed E-state index contributed by atoms with van der Waals surface area (Å²) in [4.78, 5) is 0. The third-order valence-electron chi connectivity index (χ3n) is 1.51. The normalized spacial score (nSPS) is 17.2. The van der Waals surface area contributed by atoms with E-state index in [2.05, 4.69) is 0 Å². The molecule has 0 aromatic heterocycles. The predicted molar refractivity (Wildman–Crippen MR) is 44.0 cm³/mol. The Bertz CT molecular complexity index is 118. The monoisotopic (exact) mass is 380 g/mol. The second-order valence-electron chi connectivity index (χ2n) is 2.48. The Hall–Kier alpha value is 1.98. The molecule has 6 N–H and O–H groups in total. The van der Waals surface area contributed by atoms with Crippen LogP contribution in [0, 0.1) is 0 Å². The zero-order valence-electron chi connectivity index (χ0n) is 7.87. The predicted octanol–water partition coefficient (Wildman–Crippen LogP) is -9.96. The minimum Gasteiger partial charge on any atom is -1.00 e. The molecule has 0 fully saturated rings. The molecule has 0 unspecified atom stereocenters. The average Bonchev–Trinajstić information content (AvgIpc) is 2.12. The van der Waals surface area contributed by atoms with E-state index >= 15 is 0 Å². The number of halogens is 2. The molecule has 0 spiro atoms. The Morgan fingerprint density at radius 2 is 0.867 bits per heavy atom. The van der Waals surface area contributed by atoms with Crippen molar-refractivity contribution in [1.29, 1.82) is 0 Å². The number of aliphatic hydroxyl groups excluding tert-OH is 6. The maximum absolute atomic E-state index is 8.96. The van der Waals surface area contributed by atoms with E-state index in [1.165, 1.54) is 0 Å². The number of hydrogen-bond acceptors (Lipinski definition) is 6. The summed E-state index contributed by atoms with van der Waals surface area (Å²) in [5.41, 5.74) is 0. The quantitative estimate of drug-likeness (QED) is 0.263. The Morgan fingerprint density at radius 1 is 0.667 bits per heavy atom. The fourth-order valence-corrected chi connectivity index (χ4v) is 0.671. The van der Waals surface area contributed by atoms with E-state index in [1.54, 1.807) is 0 Å². The molecule has 0 aliphatic carbocycles. The van der Waals surface area contributed by atoms with Gasteiger partial charge < -0.3 is 64.6 Å². The molecule has 0 amide bonds. The van der Waals surface area contributed by atoms with Gasteiger partial charge in [0.25, 0.3) is 0 Å². The second kappa shape index (κ2) is 14.0. The van der Waals surface area contributed by atoms with Gasteiger partial charge in [-0.3, -0.25) is 0 Å². The first-order valence-corrected chi connectivity index (χ1v) is 3.48. The van der Waals surface area contributed by atoms with E-state index in [1.807, 2.05) is 0 Å². The minimum atomic E-state index is -1.67. The average molecular weight is 382 g/mol. The fourth-order valence-electron chi connectivity index (χ4n) is 0.671. The molecule has 0 heterocycles. The summed E-state index contributed by atoms with van der Waals surface area (Å²) in [5.74, 6) is 0. The maximum Gasteiger partial charge on any atom is 2.00 e. The largest absolute Gasteiger partial charge is 2.00 e. The van der Waals surface area contributed by atoms with Gasteiger partial charge in [0.2, 0.25) is 0 Å². The molecule has 0 saturated carbocycles. The summed E-state index contributed by atoms with van der Waals surface area (Å²) in [5, 5.41) is 52.2. The molecule has 6 nitrogen and oxygen atoms in total. The third kappa shape index (κ3) is 9.66. The van der Waals surface area contributed by atoms with E-state index in [-0.39, 0.29) is 71.7 Å². The second-order valence-corrected chi connectivity index (χ2v) is 2.48. The van der Waals surface area contributed by atoms with Crippen LogP contribution in [0.1, 0.15) is 0 Å². The van der Waals surface area contributed by atoms with Gasteiger partial charge in [-0.25, -0.2) is 0 Å². The van der Waals surface area contributed by atoms with Gasteiger partial charge >= 0.3 is 37.7 Å². The standard InChI is InChI=1S/C6H14O6.2BrH.Ca/c7-1-3(9)5(11)6(12)4(10)2-8;;;/h3-12H,1-2H2;2*1H;/q;;;+2/p-2/t3-,4-,5-,6-;;;/m1.../s1. The van der Waals surface area contributed by atoms with Crippen LogP contribution in [0.4, 0.5) is 0 Å². The topological polar surface area (TPSA) is 121 Å². The molecular weight excluding hydrogens is 368 g/mol. The molecule has 0 bridgehead atoms. The molecule has 0 saturated heterocycles. The third-order valence-corrected chi connectivity index (χ3v) is 1.51. The van der Waals surface area contributed by atoms with Crippen LogP contribution >= 0.6 is 0 Å². The van der Waals surface area contributed by atoms with Crippen LogP contribution < -0.4 is 34.0 Å². The maximum atomic E-state index is 8.96. The van der Waals surface area contributed by atoms with E-state index < -0.39 is 37.6 Å². The summed E-state index contributed by atoms with van der Waals surface area (Å²) >= 11 is 0. The smallest absolute Gasteiger partial charge is 1.00 e. The van der Waals surface area contributed by atoms with Gasteiger partial charge in [-0.2, -0.15) is 0 Å². The van der Waals surface area contributed by atoms with Crippen LogP contribution in [-0.4, -0.2) is 106 Å². The van der Waals surface area contributed by atoms with Crippen molar-refractivity contribution in [2.24, 2.45) is 0 Å².